The van der Waals surface area contributed by atoms with Crippen molar-refractivity contribution in [1.29, 1.82) is 0 Å². The van der Waals surface area contributed by atoms with Gasteiger partial charge in [-0.3, -0.25) is 0 Å². The van der Waals surface area contributed by atoms with Crippen molar-refractivity contribution in [2.45, 2.75) is 12.6 Å². The van der Waals surface area contributed by atoms with Gasteiger partial charge in [0.05, 0.1) is 5.56 Å². The average molecular weight is 208 g/mol. The van der Waals surface area contributed by atoms with Crippen LogP contribution in [0.4, 0.5) is 17.6 Å². The van der Waals surface area contributed by atoms with Crippen molar-refractivity contribution in [3.05, 3.63) is 35.1 Å². The van der Waals surface area contributed by atoms with E-state index in [0.29, 0.717) is 6.07 Å². The van der Waals surface area contributed by atoms with Crippen molar-refractivity contribution in [2.75, 3.05) is 6.61 Å². The molecule has 0 fully saturated rings. The third kappa shape index (κ3) is 2.45. The fraction of sp³-hybridized carbons (Fsp3) is 0.333. The fourth-order valence-electron chi connectivity index (χ4n) is 1.07. The van der Waals surface area contributed by atoms with E-state index >= 15 is 0 Å². The number of hydrogen-bond acceptors (Lipinski definition) is 1. The number of hydrogen-bond donors (Lipinski definition) is 1. The topological polar surface area (TPSA) is 20.2 Å². The van der Waals surface area contributed by atoms with E-state index in [1.165, 1.54) is 6.07 Å². The minimum Gasteiger partial charge on any atom is -0.396 e. The van der Waals surface area contributed by atoms with E-state index in [2.05, 4.69) is 0 Å². The Morgan fingerprint density at radius 1 is 1.21 bits per heavy atom. The molecule has 0 aliphatic rings. The molecule has 0 bridgehead atoms. The van der Waals surface area contributed by atoms with Crippen LogP contribution in [-0.4, -0.2) is 11.7 Å². The molecule has 0 amide bonds. The first-order valence-electron chi connectivity index (χ1n) is 3.91. The first-order chi connectivity index (χ1) is 6.45. The molecule has 0 heterocycles. The van der Waals surface area contributed by atoms with Gasteiger partial charge in [0.1, 0.15) is 5.82 Å². The molecule has 1 nitrogen and oxygen atoms in total. The molecule has 0 unspecified atom stereocenters. The van der Waals surface area contributed by atoms with Gasteiger partial charge in [0, 0.05) is 6.61 Å². The molecule has 0 radical (unpaired) electrons. The van der Waals surface area contributed by atoms with Gasteiger partial charge in [0.15, 0.2) is 0 Å². The Labute approximate surface area is 78.0 Å². The van der Waals surface area contributed by atoms with Gasteiger partial charge in [0.25, 0.3) is 0 Å². The Balaban J connectivity index is 3.09. The van der Waals surface area contributed by atoms with Crippen LogP contribution in [0.5, 0.6) is 0 Å². The molecule has 78 valence electrons. The Kier molecular flexibility index (Phi) is 3.10. The van der Waals surface area contributed by atoms with Crippen LogP contribution >= 0.6 is 0 Å². The van der Waals surface area contributed by atoms with E-state index in [9.17, 15) is 17.6 Å². The smallest absolute Gasteiger partial charge is 0.396 e. The van der Waals surface area contributed by atoms with Crippen molar-refractivity contribution in [3.63, 3.8) is 0 Å². The van der Waals surface area contributed by atoms with Gasteiger partial charge in [-0.1, -0.05) is 6.07 Å². The van der Waals surface area contributed by atoms with Crippen LogP contribution in [0, 0.1) is 5.82 Å². The van der Waals surface area contributed by atoms with Gasteiger partial charge >= 0.3 is 6.18 Å². The van der Waals surface area contributed by atoms with Crippen molar-refractivity contribution < 1.29 is 22.7 Å². The lowest BCUT2D eigenvalue weighted by Gasteiger charge is -2.09. The molecule has 1 aromatic rings. The number of rotatable bonds is 2. The highest BCUT2D eigenvalue weighted by Crippen LogP contribution is 2.31. The normalized spacial score (nSPS) is 11.8. The molecule has 0 aliphatic carbocycles. The summed E-state index contributed by atoms with van der Waals surface area (Å²) in [6.45, 7) is -0.261. The summed E-state index contributed by atoms with van der Waals surface area (Å²) >= 11 is 0. The molecule has 1 N–H and O–H groups in total. The molecule has 0 saturated carbocycles. The van der Waals surface area contributed by atoms with Crippen molar-refractivity contribution in [3.8, 4) is 0 Å². The zero-order valence-corrected chi connectivity index (χ0v) is 7.11. The molecule has 0 atom stereocenters. The van der Waals surface area contributed by atoms with Crippen LogP contribution in [0.2, 0.25) is 0 Å². The van der Waals surface area contributed by atoms with Gasteiger partial charge in [-0.05, 0) is 24.1 Å². The zero-order chi connectivity index (χ0) is 10.8. The summed E-state index contributed by atoms with van der Waals surface area (Å²) in [5, 5.41) is 8.51. The molecule has 0 saturated heterocycles. The van der Waals surface area contributed by atoms with Crippen molar-refractivity contribution in [2.24, 2.45) is 0 Å². The second kappa shape index (κ2) is 3.96. The van der Waals surface area contributed by atoms with Crippen LogP contribution in [0.1, 0.15) is 11.1 Å². The summed E-state index contributed by atoms with van der Waals surface area (Å²) in [5.74, 6) is -1.29. The lowest BCUT2D eigenvalue weighted by molar-refractivity contribution is -0.140. The predicted molar refractivity (Wildman–Crippen MR) is 42.2 cm³/mol. The van der Waals surface area contributed by atoms with E-state index in [-0.39, 0.29) is 18.6 Å². The van der Waals surface area contributed by atoms with Gasteiger partial charge < -0.3 is 5.11 Å². The Morgan fingerprint density at radius 2 is 1.86 bits per heavy atom. The summed E-state index contributed by atoms with van der Waals surface area (Å²) < 4.78 is 49.2. The maximum atomic E-state index is 12.7. The van der Waals surface area contributed by atoms with Crippen LogP contribution in [0.3, 0.4) is 0 Å². The monoisotopic (exact) mass is 208 g/mol. The maximum Gasteiger partial charge on any atom is 0.419 e. The maximum absolute atomic E-state index is 12.7. The Bertz CT molecular complexity index is 319. The summed E-state index contributed by atoms with van der Waals surface area (Å²) in [6, 6.07) is 2.69. The number of aliphatic hydroxyl groups excluding tert-OH is 1. The van der Waals surface area contributed by atoms with Gasteiger partial charge in [0.2, 0.25) is 0 Å². The third-order valence-corrected chi connectivity index (χ3v) is 1.74. The summed E-state index contributed by atoms with van der Waals surface area (Å²) in [6.07, 6.45) is -4.60. The summed E-state index contributed by atoms with van der Waals surface area (Å²) in [4.78, 5) is 0. The van der Waals surface area contributed by atoms with Crippen LogP contribution < -0.4 is 0 Å². The second-order valence-corrected chi connectivity index (χ2v) is 2.79. The van der Waals surface area contributed by atoms with E-state index in [4.69, 9.17) is 5.11 Å². The van der Waals surface area contributed by atoms with Crippen molar-refractivity contribution in [1.82, 2.24) is 0 Å². The first-order valence-corrected chi connectivity index (χ1v) is 3.91. The molecule has 1 aromatic carbocycles. The molecular formula is C9H8F4O. The Hall–Kier alpha value is -1.10. The highest BCUT2D eigenvalue weighted by molar-refractivity contribution is 5.27. The van der Waals surface area contributed by atoms with Gasteiger partial charge in [-0.2, -0.15) is 13.2 Å². The average Bonchev–Trinajstić information content (AvgIpc) is 2.07. The highest BCUT2D eigenvalue weighted by atomic mass is 19.4. The van der Waals surface area contributed by atoms with Crippen LogP contribution in [-0.2, 0) is 12.6 Å². The van der Waals surface area contributed by atoms with Crippen LogP contribution in [0.25, 0.3) is 0 Å². The van der Waals surface area contributed by atoms with E-state index in [1.54, 1.807) is 0 Å². The number of alkyl halides is 3. The largest absolute Gasteiger partial charge is 0.419 e. The number of benzene rings is 1. The molecule has 0 aliphatic heterocycles. The zero-order valence-electron chi connectivity index (χ0n) is 7.11. The first kappa shape index (κ1) is 11.0. The standard InChI is InChI=1S/C9H8F4O/c10-8-2-1-6(3-4-14)5-7(8)9(11,12)13/h1-2,5,14H,3-4H2. The fourth-order valence-corrected chi connectivity index (χ4v) is 1.07. The summed E-state index contributed by atoms with van der Waals surface area (Å²) in [5.41, 5.74) is -1.02. The SMILES string of the molecule is OCCc1ccc(F)c(C(F)(F)F)c1. The highest BCUT2D eigenvalue weighted by Gasteiger charge is 2.33. The molecule has 5 heteroatoms. The van der Waals surface area contributed by atoms with E-state index in [1.807, 2.05) is 0 Å². The number of halogens is 4. The molecular weight excluding hydrogens is 200 g/mol. The van der Waals surface area contributed by atoms with Crippen molar-refractivity contribution >= 4 is 0 Å². The minimum atomic E-state index is -4.68. The van der Waals surface area contributed by atoms with Crippen LogP contribution in [0.15, 0.2) is 18.2 Å². The van der Waals surface area contributed by atoms with Gasteiger partial charge in [-0.15, -0.1) is 0 Å². The second-order valence-electron chi connectivity index (χ2n) is 2.79. The molecule has 0 aromatic heterocycles. The van der Waals surface area contributed by atoms with E-state index in [0.717, 1.165) is 6.07 Å². The Morgan fingerprint density at radius 3 is 2.36 bits per heavy atom. The molecule has 14 heavy (non-hydrogen) atoms. The third-order valence-electron chi connectivity index (χ3n) is 1.74. The molecule has 0 spiro atoms. The lowest BCUT2D eigenvalue weighted by Crippen LogP contribution is -2.09. The quantitative estimate of drug-likeness (QED) is 0.740. The molecule has 1 rings (SSSR count). The lowest BCUT2D eigenvalue weighted by atomic mass is 10.1. The minimum absolute atomic E-state index is 0.0867. The van der Waals surface area contributed by atoms with E-state index < -0.39 is 17.6 Å². The predicted octanol–water partition coefficient (Wildman–Crippen LogP) is 2.38. The number of aliphatic hydroxyl groups is 1. The van der Waals surface area contributed by atoms with Gasteiger partial charge in [-0.25, -0.2) is 4.39 Å². The summed E-state index contributed by atoms with van der Waals surface area (Å²) in [7, 11) is 0.